The molecule has 0 unspecified atom stereocenters. The van der Waals surface area contributed by atoms with Crippen LogP contribution in [0.25, 0.3) is 11.8 Å². The van der Waals surface area contributed by atoms with Crippen LogP contribution in [0.3, 0.4) is 0 Å². The number of aliphatic hydroxyl groups is 1. The standard InChI is InChI=1S/C25H26FN5O3/c1-4-27-25-29-20(24(33)31(25)22(14-32)18-6-8-19(26)9-7-18)11-17-5-10-21(23(12-17)34-3)30-13-16(2)28-15-30/h5-13,15,22,32H,4,14H2,1-3H3,(H,27,29)/b20-11-/t22-/m1/s1. The Morgan fingerprint density at radius 1 is 1.26 bits per heavy atom. The lowest BCUT2D eigenvalue weighted by molar-refractivity contribution is -0.124. The zero-order chi connectivity index (χ0) is 24.2. The Morgan fingerprint density at radius 2 is 2.03 bits per heavy atom. The molecule has 1 amide bonds. The Morgan fingerprint density at radius 3 is 2.65 bits per heavy atom. The maximum atomic E-state index is 13.4. The Hall–Kier alpha value is -3.98. The highest BCUT2D eigenvalue weighted by Crippen LogP contribution is 2.29. The maximum Gasteiger partial charge on any atom is 0.277 e. The fourth-order valence-corrected chi connectivity index (χ4v) is 3.85. The van der Waals surface area contributed by atoms with E-state index in [9.17, 15) is 14.3 Å². The van der Waals surface area contributed by atoms with Gasteiger partial charge in [0.2, 0.25) is 5.96 Å². The minimum absolute atomic E-state index is 0.307. The molecular formula is C25H26FN5O3. The van der Waals surface area contributed by atoms with Crippen LogP contribution in [0.15, 0.2) is 65.7 Å². The highest BCUT2D eigenvalue weighted by molar-refractivity contribution is 6.15. The number of benzene rings is 2. The zero-order valence-corrected chi connectivity index (χ0v) is 19.2. The van der Waals surface area contributed by atoms with E-state index in [0.29, 0.717) is 29.5 Å². The van der Waals surface area contributed by atoms with Crippen molar-refractivity contribution in [2.45, 2.75) is 19.9 Å². The van der Waals surface area contributed by atoms with Crippen LogP contribution in [-0.2, 0) is 4.79 Å². The van der Waals surface area contributed by atoms with Crippen LogP contribution in [-0.4, -0.2) is 51.7 Å². The van der Waals surface area contributed by atoms with Crippen molar-refractivity contribution >= 4 is 17.9 Å². The fraction of sp³-hybridized carbons (Fsp3) is 0.240. The first kappa shape index (κ1) is 23.2. The van der Waals surface area contributed by atoms with Gasteiger partial charge in [-0.25, -0.2) is 9.37 Å². The number of ether oxygens (including phenoxy) is 1. The largest absolute Gasteiger partial charge is 0.495 e. The summed E-state index contributed by atoms with van der Waals surface area (Å²) in [6.07, 6.45) is 5.31. The summed E-state index contributed by atoms with van der Waals surface area (Å²) >= 11 is 0. The molecule has 0 radical (unpaired) electrons. The first-order chi connectivity index (χ1) is 16.4. The second kappa shape index (κ2) is 9.88. The van der Waals surface area contributed by atoms with Gasteiger partial charge in [0.05, 0.1) is 37.5 Å². The van der Waals surface area contributed by atoms with Gasteiger partial charge in [0, 0.05) is 12.7 Å². The van der Waals surface area contributed by atoms with Crippen molar-refractivity contribution in [1.29, 1.82) is 0 Å². The molecule has 34 heavy (non-hydrogen) atoms. The van der Waals surface area contributed by atoms with E-state index in [0.717, 1.165) is 16.9 Å². The number of guanidine groups is 1. The monoisotopic (exact) mass is 463 g/mol. The molecule has 1 aliphatic rings. The fourth-order valence-electron chi connectivity index (χ4n) is 3.85. The molecule has 0 bridgehead atoms. The van der Waals surface area contributed by atoms with Gasteiger partial charge < -0.3 is 19.7 Å². The molecule has 1 aromatic heterocycles. The number of carbonyl (C=O) groups excluding carboxylic acids is 1. The average Bonchev–Trinajstić information content (AvgIpc) is 3.39. The van der Waals surface area contributed by atoms with E-state index in [-0.39, 0.29) is 12.5 Å². The SMILES string of the molecule is CCN=C1N/C(=C\c2ccc(-n3cnc(C)c3)c(OC)c2)C(=O)N1[C@H](CO)c1ccc(F)cc1. The van der Waals surface area contributed by atoms with Gasteiger partial charge in [-0.3, -0.25) is 14.7 Å². The number of amides is 1. The number of hydrogen-bond donors (Lipinski definition) is 2. The van der Waals surface area contributed by atoms with E-state index in [1.165, 1.54) is 17.0 Å². The van der Waals surface area contributed by atoms with Gasteiger partial charge in [0.15, 0.2) is 0 Å². The normalized spacial score (nSPS) is 16.9. The molecule has 0 aliphatic carbocycles. The molecule has 0 saturated carbocycles. The van der Waals surface area contributed by atoms with E-state index in [4.69, 9.17) is 4.74 Å². The molecule has 8 nitrogen and oxygen atoms in total. The summed E-state index contributed by atoms with van der Waals surface area (Å²) in [6.45, 7) is 3.86. The van der Waals surface area contributed by atoms with Crippen LogP contribution >= 0.6 is 0 Å². The number of halogens is 1. The third kappa shape index (κ3) is 4.55. The van der Waals surface area contributed by atoms with Crippen LogP contribution in [0.5, 0.6) is 5.75 Å². The Balaban J connectivity index is 1.68. The number of hydrogen-bond acceptors (Lipinski definition) is 5. The molecule has 4 rings (SSSR count). The molecule has 176 valence electrons. The average molecular weight is 464 g/mol. The Kier molecular flexibility index (Phi) is 6.74. The number of rotatable bonds is 7. The summed E-state index contributed by atoms with van der Waals surface area (Å²) < 4.78 is 20.8. The summed E-state index contributed by atoms with van der Waals surface area (Å²) in [5.41, 5.74) is 3.36. The minimum atomic E-state index is -0.710. The lowest BCUT2D eigenvalue weighted by atomic mass is 10.1. The number of imidazole rings is 1. The van der Waals surface area contributed by atoms with Crippen molar-refractivity contribution in [3.63, 3.8) is 0 Å². The molecule has 2 N–H and O–H groups in total. The number of aromatic nitrogens is 2. The molecular weight excluding hydrogens is 437 g/mol. The number of aliphatic hydroxyl groups excluding tert-OH is 1. The number of aryl methyl sites for hydroxylation is 1. The Labute approximate surface area is 197 Å². The number of methoxy groups -OCH3 is 1. The second-order valence-electron chi connectivity index (χ2n) is 7.76. The van der Waals surface area contributed by atoms with E-state index < -0.39 is 11.9 Å². The van der Waals surface area contributed by atoms with Crippen LogP contribution in [0.1, 0.15) is 29.8 Å². The second-order valence-corrected chi connectivity index (χ2v) is 7.76. The van der Waals surface area contributed by atoms with Crippen LogP contribution < -0.4 is 10.1 Å². The van der Waals surface area contributed by atoms with Gasteiger partial charge >= 0.3 is 0 Å². The smallest absolute Gasteiger partial charge is 0.277 e. The molecule has 1 aliphatic heterocycles. The number of aliphatic imine (C=N–C) groups is 1. The van der Waals surface area contributed by atoms with Crippen molar-refractivity contribution in [3.8, 4) is 11.4 Å². The predicted octanol–water partition coefficient (Wildman–Crippen LogP) is 3.21. The van der Waals surface area contributed by atoms with Crippen molar-refractivity contribution in [2.75, 3.05) is 20.3 Å². The van der Waals surface area contributed by atoms with Gasteiger partial charge in [-0.1, -0.05) is 18.2 Å². The summed E-state index contributed by atoms with van der Waals surface area (Å²) in [7, 11) is 1.58. The van der Waals surface area contributed by atoms with Crippen molar-refractivity contribution < 1.29 is 19.0 Å². The molecule has 2 aromatic carbocycles. The van der Waals surface area contributed by atoms with Crippen molar-refractivity contribution in [2.24, 2.45) is 4.99 Å². The zero-order valence-electron chi connectivity index (χ0n) is 19.2. The van der Waals surface area contributed by atoms with Gasteiger partial charge in [-0.05, 0) is 55.3 Å². The van der Waals surface area contributed by atoms with Gasteiger partial charge in [0.25, 0.3) is 5.91 Å². The van der Waals surface area contributed by atoms with Gasteiger partial charge in [-0.2, -0.15) is 0 Å². The lowest BCUT2D eigenvalue weighted by Gasteiger charge is -2.25. The van der Waals surface area contributed by atoms with Gasteiger partial charge in [0.1, 0.15) is 17.3 Å². The molecule has 1 saturated heterocycles. The number of nitrogens with zero attached hydrogens (tertiary/aromatic N) is 4. The summed E-state index contributed by atoms with van der Waals surface area (Å²) in [4.78, 5) is 23.4. The Bertz CT molecular complexity index is 1250. The third-order valence-electron chi connectivity index (χ3n) is 5.48. The molecule has 3 aromatic rings. The summed E-state index contributed by atoms with van der Waals surface area (Å²) in [6, 6.07) is 10.6. The minimum Gasteiger partial charge on any atom is -0.495 e. The molecule has 9 heteroatoms. The molecule has 1 fully saturated rings. The number of carbonyl (C=O) groups is 1. The van der Waals surface area contributed by atoms with E-state index in [1.807, 2.05) is 42.8 Å². The summed E-state index contributed by atoms with van der Waals surface area (Å²) in [5, 5.41) is 13.2. The van der Waals surface area contributed by atoms with Gasteiger partial charge in [-0.15, -0.1) is 0 Å². The topological polar surface area (TPSA) is 92.0 Å². The quantitative estimate of drug-likeness (QED) is 0.525. The lowest BCUT2D eigenvalue weighted by Crippen LogP contribution is -2.38. The van der Waals surface area contributed by atoms with Crippen molar-refractivity contribution in [3.05, 3.63) is 83.3 Å². The molecule has 1 atom stereocenters. The van der Waals surface area contributed by atoms with Crippen LogP contribution in [0.4, 0.5) is 4.39 Å². The predicted molar refractivity (Wildman–Crippen MR) is 127 cm³/mol. The molecule has 0 spiro atoms. The maximum absolute atomic E-state index is 13.4. The highest BCUT2D eigenvalue weighted by atomic mass is 19.1. The first-order valence-electron chi connectivity index (χ1n) is 10.9. The third-order valence-corrected chi connectivity index (χ3v) is 5.48. The van der Waals surface area contributed by atoms with E-state index in [2.05, 4.69) is 15.3 Å². The van der Waals surface area contributed by atoms with E-state index >= 15 is 0 Å². The highest BCUT2D eigenvalue weighted by Gasteiger charge is 2.37. The van der Waals surface area contributed by atoms with Crippen LogP contribution in [0, 0.1) is 12.7 Å². The van der Waals surface area contributed by atoms with Crippen molar-refractivity contribution in [1.82, 2.24) is 19.8 Å². The van der Waals surface area contributed by atoms with Crippen LogP contribution in [0.2, 0.25) is 0 Å². The summed E-state index contributed by atoms with van der Waals surface area (Å²) in [5.74, 6) is 0.220. The first-order valence-corrected chi connectivity index (χ1v) is 10.9. The molecule has 2 heterocycles. The van der Waals surface area contributed by atoms with E-state index in [1.54, 1.807) is 31.6 Å². The number of nitrogens with one attached hydrogen (secondary N) is 1.